The normalized spacial score (nSPS) is 22.3. The number of carbonyl (C=O) groups is 1. The molecule has 1 aliphatic rings. The van der Waals surface area contributed by atoms with E-state index in [-0.39, 0.29) is 30.3 Å². The number of carbonyl (C=O) groups excluding carboxylic acids is 1. The number of nitrogens with one attached hydrogen (secondary N) is 1. The summed E-state index contributed by atoms with van der Waals surface area (Å²) in [4.78, 5) is 17.4. The number of halogens is 1. The van der Waals surface area contributed by atoms with Crippen molar-refractivity contribution in [1.29, 1.82) is 5.41 Å². The summed E-state index contributed by atoms with van der Waals surface area (Å²) in [6, 6.07) is 11.2. The SMILES string of the molecule is COCOC1CC(C(=O)C(=N)CC(C)c2ccncc2)(c2ccc(Cl)cc2)C1. The number of pyridine rings is 1. The molecule has 1 unspecified atom stereocenters. The minimum absolute atomic E-state index is 0.0509. The molecule has 0 radical (unpaired) electrons. The number of aromatic nitrogens is 1. The van der Waals surface area contributed by atoms with Crippen molar-refractivity contribution in [1.82, 2.24) is 4.98 Å². The molecule has 148 valence electrons. The molecule has 0 amide bonds. The van der Waals surface area contributed by atoms with Gasteiger partial charge in [-0.15, -0.1) is 0 Å². The third kappa shape index (κ3) is 4.32. The van der Waals surface area contributed by atoms with E-state index >= 15 is 0 Å². The molecule has 0 bridgehead atoms. The molecule has 5 nitrogen and oxygen atoms in total. The van der Waals surface area contributed by atoms with Crippen LogP contribution in [0.2, 0.25) is 5.02 Å². The Labute approximate surface area is 170 Å². The Kier molecular flexibility index (Phi) is 6.60. The molecule has 1 heterocycles. The number of Topliss-reactive ketones (excluding diaryl/α,β-unsaturated/α-hetero) is 1. The summed E-state index contributed by atoms with van der Waals surface area (Å²) in [5.41, 5.74) is 1.38. The van der Waals surface area contributed by atoms with Crippen LogP contribution in [0, 0.1) is 5.41 Å². The number of ether oxygens (including phenoxy) is 2. The van der Waals surface area contributed by atoms with Gasteiger partial charge in [0.05, 0.1) is 17.2 Å². The highest BCUT2D eigenvalue weighted by molar-refractivity contribution is 6.42. The van der Waals surface area contributed by atoms with E-state index in [2.05, 4.69) is 4.98 Å². The quantitative estimate of drug-likeness (QED) is 0.495. The molecule has 6 heteroatoms. The molecule has 28 heavy (non-hydrogen) atoms. The Hall–Kier alpha value is -2.08. The van der Waals surface area contributed by atoms with Gasteiger partial charge in [0.15, 0.2) is 5.78 Å². The number of hydrogen-bond donors (Lipinski definition) is 1. The number of rotatable bonds is 9. The molecule has 0 spiro atoms. The van der Waals surface area contributed by atoms with Gasteiger partial charge in [-0.3, -0.25) is 9.78 Å². The molecule has 0 aliphatic heterocycles. The van der Waals surface area contributed by atoms with E-state index in [1.807, 2.05) is 31.2 Å². The molecular formula is C22H25ClN2O3. The smallest absolute Gasteiger partial charge is 0.187 e. The maximum absolute atomic E-state index is 13.4. The maximum Gasteiger partial charge on any atom is 0.187 e. The van der Waals surface area contributed by atoms with Crippen LogP contribution in [0.25, 0.3) is 0 Å². The Balaban J connectivity index is 1.77. The lowest BCUT2D eigenvalue weighted by Gasteiger charge is -2.46. The third-order valence-corrected chi connectivity index (χ3v) is 5.72. The third-order valence-electron chi connectivity index (χ3n) is 5.46. The molecule has 1 aromatic carbocycles. The summed E-state index contributed by atoms with van der Waals surface area (Å²) in [7, 11) is 1.58. The topological polar surface area (TPSA) is 72.3 Å². The number of methoxy groups -OCH3 is 1. The molecule has 2 aromatic rings. The lowest BCUT2D eigenvalue weighted by atomic mass is 9.59. The molecule has 1 N–H and O–H groups in total. The van der Waals surface area contributed by atoms with Gasteiger partial charge in [0.1, 0.15) is 6.79 Å². The second-order valence-corrected chi connectivity index (χ2v) is 7.82. The van der Waals surface area contributed by atoms with Crippen LogP contribution in [0.3, 0.4) is 0 Å². The Bertz CT molecular complexity index is 817. The average Bonchev–Trinajstić information content (AvgIpc) is 2.68. The van der Waals surface area contributed by atoms with Crippen LogP contribution in [0.1, 0.15) is 43.2 Å². The van der Waals surface area contributed by atoms with Crippen molar-refractivity contribution in [2.75, 3.05) is 13.9 Å². The van der Waals surface area contributed by atoms with E-state index in [1.165, 1.54) is 0 Å². The zero-order chi connectivity index (χ0) is 20.1. The minimum atomic E-state index is -0.724. The first-order valence-electron chi connectivity index (χ1n) is 9.35. The fourth-order valence-corrected chi connectivity index (χ4v) is 3.94. The molecule has 3 rings (SSSR count). The fourth-order valence-electron chi connectivity index (χ4n) is 3.82. The van der Waals surface area contributed by atoms with Gasteiger partial charge < -0.3 is 14.9 Å². The monoisotopic (exact) mass is 400 g/mol. The van der Waals surface area contributed by atoms with Crippen molar-refractivity contribution in [2.45, 2.75) is 43.6 Å². The highest BCUT2D eigenvalue weighted by Gasteiger charge is 2.52. The van der Waals surface area contributed by atoms with E-state index in [1.54, 1.807) is 31.6 Å². The van der Waals surface area contributed by atoms with Gasteiger partial charge in [0, 0.05) is 24.5 Å². The van der Waals surface area contributed by atoms with Gasteiger partial charge in [0.2, 0.25) is 0 Å². The van der Waals surface area contributed by atoms with Crippen LogP contribution in [-0.2, 0) is 19.7 Å². The van der Waals surface area contributed by atoms with Gasteiger partial charge in [-0.2, -0.15) is 0 Å². The lowest BCUT2D eigenvalue weighted by Crippen LogP contribution is -2.54. The molecule has 1 aromatic heterocycles. The summed E-state index contributed by atoms with van der Waals surface area (Å²) >= 11 is 6.03. The summed E-state index contributed by atoms with van der Waals surface area (Å²) in [6.45, 7) is 2.23. The fraction of sp³-hybridized carbons (Fsp3) is 0.409. The van der Waals surface area contributed by atoms with Gasteiger partial charge in [-0.05, 0) is 60.6 Å². The standard InChI is InChI=1S/C22H25ClN2O3/c1-15(16-7-9-25-10-8-16)11-20(24)21(26)22(12-19(13-22)28-14-27-2)17-3-5-18(23)6-4-17/h3-10,15,19,24H,11-14H2,1-2H3. The first-order chi connectivity index (χ1) is 13.5. The highest BCUT2D eigenvalue weighted by atomic mass is 35.5. The van der Waals surface area contributed by atoms with E-state index in [4.69, 9.17) is 26.5 Å². The first-order valence-corrected chi connectivity index (χ1v) is 9.73. The van der Waals surface area contributed by atoms with Gasteiger partial charge in [-0.1, -0.05) is 30.7 Å². The molecular weight excluding hydrogens is 376 g/mol. The molecule has 1 fully saturated rings. The Morgan fingerprint density at radius 2 is 1.89 bits per heavy atom. The van der Waals surface area contributed by atoms with E-state index in [0.29, 0.717) is 24.3 Å². The summed E-state index contributed by atoms with van der Waals surface area (Å²) in [5, 5.41) is 9.13. The predicted octanol–water partition coefficient (Wildman–Crippen LogP) is 4.54. The Morgan fingerprint density at radius 1 is 1.25 bits per heavy atom. The highest BCUT2D eigenvalue weighted by Crippen LogP contribution is 2.47. The summed E-state index contributed by atoms with van der Waals surface area (Å²) < 4.78 is 10.6. The minimum Gasteiger partial charge on any atom is -0.359 e. The van der Waals surface area contributed by atoms with Crippen molar-refractivity contribution >= 4 is 23.1 Å². The van der Waals surface area contributed by atoms with Crippen LogP contribution in [0.4, 0.5) is 0 Å². The number of benzene rings is 1. The van der Waals surface area contributed by atoms with E-state index in [9.17, 15) is 4.79 Å². The van der Waals surface area contributed by atoms with Gasteiger partial charge >= 0.3 is 0 Å². The lowest BCUT2D eigenvalue weighted by molar-refractivity contribution is -0.142. The molecule has 0 saturated heterocycles. The first kappa shape index (κ1) is 20.6. The maximum atomic E-state index is 13.4. The molecule has 1 atom stereocenters. The van der Waals surface area contributed by atoms with Crippen LogP contribution in [-0.4, -0.2) is 36.5 Å². The van der Waals surface area contributed by atoms with Crippen LogP contribution >= 0.6 is 11.6 Å². The van der Waals surface area contributed by atoms with Crippen molar-refractivity contribution in [3.8, 4) is 0 Å². The van der Waals surface area contributed by atoms with Crippen molar-refractivity contribution in [3.05, 3.63) is 64.9 Å². The Morgan fingerprint density at radius 3 is 2.50 bits per heavy atom. The van der Waals surface area contributed by atoms with Gasteiger partial charge in [-0.25, -0.2) is 0 Å². The van der Waals surface area contributed by atoms with Crippen molar-refractivity contribution in [3.63, 3.8) is 0 Å². The van der Waals surface area contributed by atoms with Crippen LogP contribution in [0.5, 0.6) is 0 Å². The van der Waals surface area contributed by atoms with Crippen molar-refractivity contribution in [2.24, 2.45) is 0 Å². The molecule has 1 aliphatic carbocycles. The second-order valence-electron chi connectivity index (χ2n) is 7.39. The largest absolute Gasteiger partial charge is 0.359 e. The van der Waals surface area contributed by atoms with E-state index in [0.717, 1.165) is 11.1 Å². The predicted molar refractivity (Wildman–Crippen MR) is 109 cm³/mol. The zero-order valence-corrected chi connectivity index (χ0v) is 16.9. The zero-order valence-electron chi connectivity index (χ0n) is 16.2. The summed E-state index contributed by atoms with van der Waals surface area (Å²) in [5.74, 6) is -0.0599. The average molecular weight is 401 g/mol. The number of nitrogens with zero attached hydrogens (tertiary/aromatic N) is 1. The van der Waals surface area contributed by atoms with Gasteiger partial charge in [0.25, 0.3) is 0 Å². The number of hydrogen-bond acceptors (Lipinski definition) is 5. The second kappa shape index (κ2) is 8.95. The summed E-state index contributed by atoms with van der Waals surface area (Å²) in [6.07, 6.45) is 4.89. The van der Waals surface area contributed by atoms with E-state index < -0.39 is 5.41 Å². The molecule has 1 saturated carbocycles. The van der Waals surface area contributed by atoms with Crippen molar-refractivity contribution < 1.29 is 14.3 Å². The van der Waals surface area contributed by atoms with Crippen LogP contribution < -0.4 is 0 Å². The number of ketones is 1. The van der Waals surface area contributed by atoms with Crippen LogP contribution in [0.15, 0.2) is 48.8 Å².